The third-order valence-electron chi connectivity index (χ3n) is 4.19. The van der Waals surface area contributed by atoms with Gasteiger partial charge in [-0.25, -0.2) is 4.39 Å². The number of hydrogen-bond donors (Lipinski definition) is 1. The quantitative estimate of drug-likeness (QED) is 0.511. The normalized spacial score (nSPS) is 11.0. The van der Waals surface area contributed by atoms with Crippen molar-refractivity contribution in [1.29, 1.82) is 0 Å². The maximum Gasteiger partial charge on any atom is 0.246 e. The summed E-state index contributed by atoms with van der Waals surface area (Å²) < 4.78 is 25.4. The lowest BCUT2D eigenvalue weighted by Gasteiger charge is -2.00. The Hall–Kier alpha value is -3.82. The van der Waals surface area contributed by atoms with E-state index in [-0.39, 0.29) is 36.9 Å². The van der Waals surface area contributed by atoms with E-state index in [1.165, 1.54) is 12.1 Å². The summed E-state index contributed by atoms with van der Waals surface area (Å²) in [6.45, 7) is 0.120. The topological polar surface area (TPSA) is 112 Å². The number of nitrogens with one attached hydrogen (secondary N) is 1. The van der Waals surface area contributed by atoms with Crippen molar-refractivity contribution >= 4 is 5.91 Å². The van der Waals surface area contributed by atoms with Crippen LogP contribution in [0.4, 0.5) is 4.39 Å². The molecule has 0 aliphatic heterocycles. The van der Waals surface area contributed by atoms with Crippen molar-refractivity contribution in [2.24, 2.45) is 7.05 Å². The molecule has 1 N–H and O–H groups in total. The molecule has 4 aromatic rings. The summed E-state index contributed by atoms with van der Waals surface area (Å²) in [7, 11) is 1.88. The molecule has 0 unspecified atom stereocenters. The van der Waals surface area contributed by atoms with Crippen LogP contribution in [-0.4, -0.2) is 30.8 Å². The molecule has 0 bridgehead atoms. The Morgan fingerprint density at radius 2 is 1.90 bits per heavy atom. The zero-order chi connectivity index (χ0) is 20.2. The first-order chi connectivity index (χ1) is 14.1. The van der Waals surface area contributed by atoms with Gasteiger partial charge in [0.15, 0.2) is 0 Å². The van der Waals surface area contributed by atoms with E-state index in [2.05, 4.69) is 25.6 Å². The van der Waals surface area contributed by atoms with Crippen molar-refractivity contribution in [1.82, 2.24) is 30.2 Å². The monoisotopic (exact) mass is 396 g/mol. The minimum atomic E-state index is -0.385. The second-order valence-corrected chi connectivity index (χ2v) is 6.31. The van der Waals surface area contributed by atoms with Gasteiger partial charge in [0.05, 0.1) is 12.2 Å². The van der Waals surface area contributed by atoms with E-state index < -0.39 is 0 Å². The second kappa shape index (κ2) is 8.05. The lowest BCUT2D eigenvalue weighted by Crippen LogP contribution is -2.23. The first-order valence-electron chi connectivity index (χ1n) is 8.88. The lowest BCUT2D eigenvalue weighted by atomic mass is 10.2. The highest BCUT2D eigenvalue weighted by molar-refractivity contribution is 5.75. The minimum absolute atomic E-state index is 0.120. The van der Waals surface area contributed by atoms with Gasteiger partial charge < -0.3 is 18.9 Å². The smallest absolute Gasteiger partial charge is 0.246 e. The molecule has 0 radical (unpaired) electrons. The van der Waals surface area contributed by atoms with Crippen LogP contribution < -0.4 is 5.32 Å². The van der Waals surface area contributed by atoms with Crippen LogP contribution in [0.5, 0.6) is 0 Å². The van der Waals surface area contributed by atoms with Gasteiger partial charge in [-0.1, -0.05) is 22.4 Å². The lowest BCUT2D eigenvalue weighted by molar-refractivity contribution is -0.121. The fraction of sp³-hybridized carbons (Fsp3) is 0.211. The predicted molar refractivity (Wildman–Crippen MR) is 98.6 cm³/mol. The molecule has 10 heteroatoms. The van der Waals surface area contributed by atoms with Gasteiger partial charge in [-0.2, -0.15) is 9.97 Å². The number of aromatic nitrogens is 5. The molecule has 1 aromatic carbocycles. The average Bonchev–Trinajstić information content (AvgIpc) is 3.45. The summed E-state index contributed by atoms with van der Waals surface area (Å²) in [6, 6.07) is 9.64. The van der Waals surface area contributed by atoms with E-state index in [1.807, 2.05) is 29.9 Å². The van der Waals surface area contributed by atoms with Crippen LogP contribution in [0.2, 0.25) is 0 Å². The highest BCUT2D eigenvalue weighted by Crippen LogP contribution is 2.17. The van der Waals surface area contributed by atoms with E-state index >= 15 is 0 Å². The summed E-state index contributed by atoms with van der Waals surface area (Å²) in [6.07, 6.45) is 2.28. The zero-order valence-electron chi connectivity index (χ0n) is 15.5. The SMILES string of the molecule is Cn1cccc1-c1noc(CNC(=O)CCc2nc(-c3cccc(F)c3)no2)n1. The molecule has 148 valence electrons. The maximum atomic E-state index is 13.3. The Kier molecular flexibility index (Phi) is 5.14. The fourth-order valence-electron chi connectivity index (χ4n) is 2.71. The van der Waals surface area contributed by atoms with E-state index in [0.29, 0.717) is 23.2 Å². The average molecular weight is 396 g/mol. The molecule has 9 nitrogen and oxygen atoms in total. The van der Waals surface area contributed by atoms with Gasteiger partial charge >= 0.3 is 0 Å². The molecule has 0 atom stereocenters. The van der Waals surface area contributed by atoms with Gasteiger partial charge in [-0.3, -0.25) is 4.79 Å². The standard InChI is InChI=1S/C19H17FN6O3/c1-26-9-3-6-14(26)19-23-17(29-25-19)11-21-15(27)7-8-16-22-18(24-28-16)12-4-2-5-13(20)10-12/h2-6,9-10H,7-8,11H2,1H3,(H,21,27). The Labute approximate surface area is 164 Å². The molecule has 0 spiro atoms. The van der Waals surface area contributed by atoms with E-state index in [0.717, 1.165) is 5.69 Å². The summed E-state index contributed by atoms with van der Waals surface area (Å²) in [5.41, 5.74) is 1.33. The van der Waals surface area contributed by atoms with Gasteiger partial charge in [0, 0.05) is 31.6 Å². The van der Waals surface area contributed by atoms with Crippen LogP contribution in [0.15, 0.2) is 51.6 Å². The van der Waals surface area contributed by atoms with Crippen molar-refractivity contribution in [3.63, 3.8) is 0 Å². The largest absolute Gasteiger partial charge is 0.348 e. The fourth-order valence-corrected chi connectivity index (χ4v) is 2.71. The molecule has 0 saturated carbocycles. The summed E-state index contributed by atoms with van der Waals surface area (Å²) in [5, 5.41) is 10.4. The van der Waals surface area contributed by atoms with E-state index in [4.69, 9.17) is 9.05 Å². The third-order valence-corrected chi connectivity index (χ3v) is 4.19. The van der Waals surface area contributed by atoms with Gasteiger partial charge in [0.2, 0.25) is 29.3 Å². The van der Waals surface area contributed by atoms with E-state index in [9.17, 15) is 9.18 Å². The molecule has 3 aromatic heterocycles. The van der Waals surface area contributed by atoms with Crippen molar-refractivity contribution in [3.8, 4) is 22.9 Å². The second-order valence-electron chi connectivity index (χ2n) is 6.31. The van der Waals surface area contributed by atoms with Crippen LogP contribution in [-0.2, 0) is 24.8 Å². The Morgan fingerprint density at radius 3 is 2.69 bits per heavy atom. The van der Waals surface area contributed by atoms with Crippen LogP contribution >= 0.6 is 0 Å². The number of amides is 1. The van der Waals surface area contributed by atoms with Gasteiger partial charge in [0.1, 0.15) is 5.82 Å². The molecule has 0 saturated heterocycles. The number of halogens is 1. The van der Waals surface area contributed by atoms with Crippen LogP contribution in [0.25, 0.3) is 22.9 Å². The Morgan fingerprint density at radius 1 is 1.10 bits per heavy atom. The number of aryl methyl sites for hydroxylation is 2. The van der Waals surface area contributed by atoms with Crippen molar-refractivity contribution < 1.29 is 18.2 Å². The molecular formula is C19H17FN6O3. The third kappa shape index (κ3) is 4.37. The summed E-state index contributed by atoms with van der Waals surface area (Å²) in [4.78, 5) is 20.5. The first kappa shape index (κ1) is 18.5. The van der Waals surface area contributed by atoms with Gasteiger partial charge in [-0.05, 0) is 24.3 Å². The summed E-state index contributed by atoms with van der Waals surface area (Å²) in [5.74, 6) is 0.721. The molecule has 0 fully saturated rings. The molecule has 3 heterocycles. The molecule has 0 aliphatic carbocycles. The number of benzene rings is 1. The maximum absolute atomic E-state index is 13.3. The first-order valence-corrected chi connectivity index (χ1v) is 8.88. The molecule has 1 amide bonds. The van der Waals surface area contributed by atoms with Crippen LogP contribution in [0.1, 0.15) is 18.2 Å². The Bertz CT molecular complexity index is 1130. The molecule has 4 rings (SSSR count). The highest BCUT2D eigenvalue weighted by atomic mass is 19.1. The molecule has 29 heavy (non-hydrogen) atoms. The highest BCUT2D eigenvalue weighted by Gasteiger charge is 2.14. The predicted octanol–water partition coefficient (Wildman–Crippen LogP) is 2.51. The Balaban J connectivity index is 1.28. The molecular weight excluding hydrogens is 379 g/mol. The number of nitrogens with zero attached hydrogens (tertiary/aromatic N) is 5. The van der Waals surface area contributed by atoms with Gasteiger partial charge in [-0.15, -0.1) is 0 Å². The van der Waals surface area contributed by atoms with Crippen molar-refractivity contribution in [2.75, 3.05) is 0 Å². The summed E-state index contributed by atoms with van der Waals surface area (Å²) >= 11 is 0. The number of carbonyl (C=O) groups is 1. The molecule has 0 aliphatic rings. The van der Waals surface area contributed by atoms with Crippen molar-refractivity contribution in [3.05, 3.63) is 60.2 Å². The number of rotatable bonds is 7. The van der Waals surface area contributed by atoms with Crippen LogP contribution in [0, 0.1) is 5.82 Å². The number of hydrogen-bond acceptors (Lipinski definition) is 7. The van der Waals surface area contributed by atoms with E-state index in [1.54, 1.807) is 12.1 Å². The number of carbonyl (C=O) groups excluding carboxylic acids is 1. The van der Waals surface area contributed by atoms with Crippen LogP contribution in [0.3, 0.4) is 0 Å². The zero-order valence-corrected chi connectivity index (χ0v) is 15.5. The van der Waals surface area contributed by atoms with Crippen molar-refractivity contribution in [2.45, 2.75) is 19.4 Å². The minimum Gasteiger partial charge on any atom is -0.348 e. The van der Waals surface area contributed by atoms with Gasteiger partial charge in [0.25, 0.3) is 0 Å².